The number of thioether (sulfide) groups is 1. The van der Waals surface area contributed by atoms with Crippen molar-refractivity contribution in [2.24, 2.45) is 12.8 Å². The molecule has 0 fully saturated rings. The van der Waals surface area contributed by atoms with Crippen molar-refractivity contribution >= 4 is 29.2 Å². The summed E-state index contributed by atoms with van der Waals surface area (Å²) in [5.74, 6) is 1.59. The van der Waals surface area contributed by atoms with Crippen LogP contribution in [0.5, 0.6) is 0 Å². The molecule has 100 valence electrons. The summed E-state index contributed by atoms with van der Waals surface area (Å²) in [7, 11) is 1.93. The van der Waals surface area contributed by atoms with Gasteiger partial charge >= 0.3 is 0 Å². The second-order valence-electron chi connectivity index (χ2n) is 4.10. The SMILES string of the molecule is Cc1nnc(SCc2ccc(C(=N)N)cc2Cl)n1C. The van der Waals surface area contributed by atoms with Gasteiger partial charge in [-0.1, -0.05) is 35.5 Å². The lowest BCUT2D eigenvalue weighted by Gasteiger charge is -2.06. The molecule has 19 heavy (non-hydrogen) atoms. The van der Waals surface area contributed by atoms with Crippen LogP contribution in [-0.4, -0.2) is 20.6 Å². The van der Waals surface area contributed by atoms with Crippen LogP contribution in [0, 0.1) is 12.3 Å². The molecular formula is C12H14ClN5S. The number of aromatic nitrogens is 3. The standard InChI is InChI=1S/C12H14ClN5S/c1-7-16-17-12(18(7)2)19-6-9-4-3-8(11(14)15)5-10(9)13/h3-5H,6H2,1-2H3,(H3,14,15). The summed E-state index contributed by atoms with van der Waals surface area (Å²) in [5.41, 5.74) is 7.03. The fourth-order valence-electron chi connectivity index (χ4n) is 1.49. The van der Waals surface area contributed by atoms with E-state index in [-0.39, 0.29) is 5.84 Å². The highest BCUT2D eigenvalue weighted by atomic mass is 35.5. The first-order chi connectivity index (χ1) is 8.99. The van der Waals surface area contributed by atoms with Crippen molar-refractivity contribution in [1.82, 2.24) is 14.8 Å². The number of nitrogens with two attached hydrogens (primary N) is 1. The van der Waals surface area contributed by atoms with Gasteiger partial charge in [0.05, 0.1) is 0 Å². The summed E-state index contributed by atoms with van der Waals surface area (Å²) in [5, 5.41) is 16.9. The highest BCUT2D eigenvalue weighted by molar-refractivity contribution is 7.98. The zero-order valence-corrected chi connectivity index (χ0v) is 12.2. The van der Waals surface area contributed by atoms with E-state index in [1.165, 1.54) is 0 Å². The van der Waals surface area contributed by atoms with Gasteiger partial charge in [-0.25, -0.2) is 0 Å². The Hall–Kier alpha value is -1.53. The summed E-state index contributed by atoms with van der Waals surface area (Å²) in [6.07, 6.45) is 0. The van der Waals surface area contributed by atoms with Gasteiger partial charge < -0.3 is 10.3 Å². The van der Waals surface area contributed by atoms with E-state index in [1.54, 1.807) is 23.9 Å². The molecule has 2 rings (SSSR count). The van der Waals surface area contributed by atoms with Gasteiger partial charge in [0, 0.05) is 23.4 Å². The van der Waals surface area contributed by atoms with Crippen LogP contribution in [0.25, 0.3) is 0 Å². The van der Waals surface area contributed by atoms with Gasteiger partial charge in [-0.15, -0.1) is 10.2 Å². The maximum Gasteiger partial charge on any atom is 0.191 e. The van der Waals surface area contributed by atoms with Crippen molar-refractivity contribution < 1.29 is 0 Å². The van der Waals surface area contributed by atoms with Crippen LogP contribution in [0.2, 0.25) is 5.02 Å². The van der Waals surface area contributed by atoms with E-state index in [4.69, 9.17) is 22.7 Å². The fraction of sp³-hybridized carbons (Fsp3) is 0.250. The van der Waals surface area contributed by atoms with Crippen LogP contribution in [-0.2, 0) is 12.8 Å². The lowest BCUT2D eigenvalue weighted by molar-refractivity contribution is 0.765. The smallest absolute Gasteiger partial charge is 0.191 e. The molecule has 2 aromatic rings. The van der Waals surface area contributed by atoms with Gasteiger partial charge in [0.15, 0.2) is 5.16 Å². The summed E-state index contributed by atoms with van der Waals surface area (Å²) < 4.78 is 1.93. The number of aryl methyl sites for hydroxylation is 1. The first kappa shape index (κ1) is 13.9. The molecule has 1 heterocycles. The van der Waals surface area contributed by atoms with E-state index < -0.39 is 0 Å². The van der Waals surface area contributed by atoms with Crippen molar-refractivity contribution in [3.05, 3.63) is 40.2 Å². The number of nitrogen functional groups attached to an aromatic ring is 1. The first-order valence-electron chi connectivity index (χ1n) is 5.60. The Morgan fingerprint density at radius 3 is 2.74 bits per heavy atom. The van der Waals surface area contributed by atoms with Gasteiger partial charge in [0.1, 0.15) is 11.7 Å². The number of rotatable bonds is 4. The molecule has 3 N–H and O–H groups in total. The predicted octanol–water partition coefficient (Wildman–Crippen LogP) is 2.35. The molecule has 0 radical (unpaired) electrons. The Morgan fingerprint density at radius 2 is 2.21 bits per heavy atom. The summed E-state index contributed by atoms with van der Waals surface area (Å²) >= 11 is 7.75. The number of amidine groups is 1. The van der Waals surface area contributed by atoms with Gasteiger partial charge in [0.25, 0.3) is 0 Å². The van der Waals surface area contributed by atoms with E-state index >= 15 is 0 Å². The molecule has 0 unspecified atom stereocenters. The zero-order valence-electron chi connectivity index (χ0n) is 10.6. The van der Waals surface area contributed by atoms with Gasteiger partial charge in [-0.2, -0.15) is 0 Å². The number of halogens is 1. The molecule has 7 heteroatoms. The second kappa shape index (κ2) is 5.63. The average molecular weight is 296 g/mol. The highest BCUT2D eigenvalue weighted by Crippen LogP contribution is 2.26. The fourth-order valence-corrected chi connectivity index (χ4v) is 2.77. The number of benzene rings is 1. The van der Waals surface area contributed by atoms with Crippen molar-refractivity contribution in [2.45, 2.75) is 17.8 Å². The topological polar surface area (TPSA) is 80.6 Å². The molecule has 1 aromatic heterocycles. The molecule has 0 saturated carbocycles. The normalized spacial score (nSPS) is 10.7. The molecule has 1 aromatic carbocycles. The predicted molar refractivity (Wildman–Crippen MR) is 77.8 cm³/mol. The number of hydrogen-bond donors (Lipinski definition) is 2. The summed E-state index contributed by atoms with van der Waals surface area (Å²) in [6.45, 7) is 1.91. The first-order valence-corrected chi connectivity index (χ1v) is 6.97. The molecule has 0 amide bonds. The van der Waals surface area contributed by atoms with Crippen molar-refractivity contribution in [1.29, 1.82) is 5.41 Å². The van der Waals surface area contributed by atoms with Gasteiger partial charge in [-0.05, 0) is 18.6 Å². The third-order valence-electron chi connectivity index (χ3n) is 2.77. The van der Waals surface area contributed by atoms with Gasteiger partial charge in [-0.3, -0.25) is 5.41 Å². The second-order valence-corrected chi connectivity index (χ2v) is 5.45. The molecule has 0 aliphatic carbocycles. The summed E-state index contributed by atoms with van der Waals surface area (Å²) in [6, 6.07) is 5.39. The maximum atomic E-state index is 7.36. The van der Waals surface area contributed by atoms with Gasteiger partial charge in [0.2, 0.25) is 0 Å². The van der Waals surface area contributed by atoms with E-state index in [0.29, 0.717) is 16.3 Å². The molecule has 0 saturated heterocycles. The Bertz CT molecular complexity index is 623. The largest absolute Gasteiger partial charge is 0.384 e. The number of hydrogen-bond acceptors (Lipinski definition) is 4. The number of nitrogens with zero attached hydrogens (tertiary/aromatic N) is 3. The van der Waals surface area contributed by atoms with E-state index in [9.17, 15) is 0 Å². The van der Waals surface area contributed by atoms with Crippen molar-refractivity contribution in [3.8, 4) is 0 Å². The van der Waals surface area contributed by atoms with E-state index in [0.717, 1.165) is 16.5 Å². The Balaban J connectivity index is 2.12. The van der Waals surface area contributed by atoms with E-state index in [2.05, 4.69) is 10.2 Å². The zero-order chi connectivity index (χ0) is 14.0. The quantitative estimate of drug-likeness (QED) is 0.515. The highest BCUT2D eigenvalue weighted by Gasteiger charge is 2.08. The van der Waals surface area contributed by atoms with Crippen molar-refractivity contribution in [2.75, 3.05) is 0 Å². The monoisotopic (exact) mass is 295 g/mol. The van der Waals surface area contributed by atoms with Crippen molar-refractivity contribution in [3.63, 3.8) is 0 Å². The Morgan fingerprint density at radius 1 is 1.47 bits per heavy atom. The lowest BCUT2D eigenvalue weighted by atomic mass is 10.1. The van der Waals surface area contributed by atoms with Crippen LogP contribution in [0.4, 0.5) is 0 Å². The minimum absolute atomic E-state index is 0.0185. The average Bonchev–Trinajstić information content (AvgIpc) is 2.68. The van der Waals surface area contributed by atoms with Crippen LogP contribution >= 0.6 is 23.4 Å². The molecule has 0 aliphatic heterocycles. The molecule has 0 aliphatic rings. The van der Waals surface area contributed by atoms with Crippen LogP contribution in [0.1, 0.15) is 17.0 Å². The Kier molecular flexibility index (Phi) is 4.11. The number of nitrogens with one attached hydrogen (secondary N) is 1. The van der Waals surface area contributed by atoms with Crippen LogP contribution < -0.4 is 5.73 Å². The Labute approximate surface area is 120 Å². The third kappa shape index (κ3) is 3.08. The molecule has 0 spiro atoms. The summed E-state index contributed by atoms with van der Waals surface area (Å²) in [4.78, 5) is 0. The maximum absolute atomic E-state index is 7.36. The molecular weight excluding hydrogens is 282 g/mol. The minimum Gasteiger partial charge on any atom is -0.384 e. The third-order valence-corrected chi connectivity index (χ3v) is 4.19. The molecule has 0 atom stereocenters. The van der Waals surface area contributed by atoms with Crippen LogP contribution in [0.3, 0.4) is 0 Å². The lowest BCUT2D eigenvalue weighted by Crippen LogP contribution is -2.10. The van der Waals surface area contributed by atoms with Crippen LogP contribution in [0.15, 0.2) is 23.4 Å². The van der Waals surface area contributed by atoms with E-state index in [1.807, 2.05) is 24.6 Å². The molecule has 5 nitrogen and oxygen atoms in total. The molecule has 0 bridgehead atoms. The minimum atomic E-state index is 0.0185.